The standard InChI is InChI=1S/C22H21ClO3/c1-4-6-10-20-15(5-2)17-8-7-9-18(21(17)26-20)16-12-11-14(23)13-19(16)22(24)25-3/h6-13H,4-5H2,1-3H3/b10-6-. The monoisotopic (exact) mass is 368 g/mol. The highest BCUT2D eigenvalue weighted by Crippen LogP contribution is 2.37. The third-order valence-corrected chi connectivity index (χ3v) is 4.62. The van der Waals surface area contributed by atoms with Crippen molar-refractivity contribution in [3.8, 4) is 11.1 Å². The van der Waals surface area contributed by atoms with E-state index in [0.29, 0.717) is 10.6 Å². The second kappa shape index (κ2) is 7.79. The number of hydrogen-bond donors (Lipinski definition) is 0. The Hall–Kier alpha value is -2.52. The van der Waals surface area contributed by atoms with Crippen LogP contribution in [0.2, 0.25) is 5.02 Å². The van der Waals surface area contributed by atoms with Crippen molar-refractivity contribution in [3.05, 3.63) is 64.4 Å². The smallest absolute Gasteiger partial charge is 0.338 e. The number of furan rings is 1. The molecule has 26 heavy (non-hydrogen) atoms. The van der Waals surface area contributed by atoms with E-state index in [1.54, 1.807) is 12.1 Å². The van der Waals surface area contributed by atoms with Gasteiger partial charge in [-0.3, -0.25) is 0 Å². The number of para-hydroxylation sites is 1. The van der Waals surface area contributed by atoms with Gasteiger partial charge in [-0.2, -0.15) is 0 Å². The Labute approximate surface area is 158 Å². The van der Waals surface area contributed by atoms with E-state index < -0.39 is 5.97 Å². The van der Waals surface area contributed by atoms with Gasteiger partial charge in [0.25, 0.3) is 0 Å². The number of aryl methyl sites for hydroxylation is 1. The second-order valence-electron chi connectivity index (χ2n) is 5.97. The summed E-state index contributed by atoms with van der Waals surface area (Å²) in [6.45, 7) is 4.20. The molecule has 0 aliphatic carbocycles. The summed E-state index contributed by atoms with van der Waals surface area (Å²) in [6, 6.07) is 11.2. The lowest BCUT2D eigenvalue weighted by atomic mass is 9.97. The van der Waals surface area contributed by atoms with Gasteiger partial charge in [-0.1, -0.05) is 55.8 Å². The second-order valence-corrected chi connectivity index (χ2v) is 6.41. The molecule has 3 rings (SSSR count). The first-order valence-electron chi connectivity index (χ1n) is 8.69. The number of allylic oxidation sites excluding steroid dienone is 1. The molecule has 0 atom stereocenters. The zero-order valence-corrected chi connectivity index (χ0v) is 15.9. The van der Waals surface area contributed by atoms with E-state index in [1.807, 2.05) is 24.3 Å². The van der Waals surface area contributed by atoms with Gasteiger partial charge in [0.05, 0.1) is 12.7 Å². The van der Waals surface area contributed by atoms with Crippen LogP contribution in [0.3, 0.4) is 0 Å². The normalized spacial score (nSPS) is 11.4. The molecule has 2 aromatic carbocycles. The summed E-state index contributed by atoms with van der Waals surface area (Å²) >= 11 is 6.09. The molecule has 0 bridgehead atoms. The van der Waals surface area contributed by atoms with Crippen LogP contribution >= 0.6 is 11.6 Å². The van der Waals surface area contributed by atoms with E-state index in [0.717, 1.165) is 40.7 Å². The van der Waals surface area contributed by atoms with Crippen molar-refractivity contribution in [2.24, 2.45) is 0 Å². The number of halogens is 1. The first kappa shape index (κ1) is 18.3. The number of fused-ring (bicyclic) bond motifs is 1. The van der Waals surface area contributed by atoms with Gasteiger partial charge in [0, 0.05) is 27.1 Å². The average molecular weight is 369 g/mol. The predicted molar refractivity (Wildman–Crippen MR) is 107 cm³/mol. The van der Waals surface area contributed by atoms with E-state index in [4.69, 9.17) is 20.8 Å². The maximum Gasteiger partial charge on any atom is 0.338 e. The summed E-state index contributed by atoms with van der Waals surface area (Å²) in [4.78, 5) is 12.2. The molecule has 0 N–H and O–H groups in total. The fourth-order valence-electron chi connectivity index (χ4n) is 3.16. The molecule has 0 saturated heterocycles. The fraction of sp³-hybridized carbons (Fsp3) is 0.227. The van der Waals surface area contributed by atoms with Crippen molar-refractivity contribution in [2.75, 3.05) is 7.11 Å². The summed E-state index contributed by atoms with van der Waals surface area (Å²) in [5.41, 5.74) is 3.96. The summed E-state index contributed by atoms with van der Waals surface area (Å²) in [5.74, 6) is 0.443. The molecule has 0 radical (unpaired) electrons. The number of benzene rings is 2. The highest BCUT2D eigenvalue weighted by Gasteiger charge is 2.19. The highest BCUT2D eigenvalue weighted by molar-refractivity contribution is 6.31. The quantitative estimate of drug-likeness (QED) is 0.481. The van der Waals surface area contributed by atoms with E-state index in [1.165, 1.54) is 12.7 Å². The van der Waals surface area contributed by atoms with Crippen LogP contribution in [-0.4, -0.2) is 13.1 Å². The number of esters is 1. The topological polar surface area (TPSA) is 39.4 Å². The maximum absolute atomic E-state index is 12.2. The molecule has 134 valence electrons. The Morgan fingerprint density at radius 3 is 2.69 bits per heavy atom. The number of carbonyl (C=O) groups is 1. The van der Waals surface area contributed by atoms with Crippen molar-refractivity contribution in [1.29, 1.82) is 0 Å². The number of carbonyl (C=O) groups excluding carboxylic acids is 1. The van der Waals surface area contributed by atoms with Crippen LogP contribution in [0.5, 0.6) is 0 Å². The van der Waals surface area contributed by atoms with Crippen LogP contribution in [0.1, 0.15) is 41.9 Å². The van der Waals surface area contributed by atoms with Gasteiger partial charge in [0.15, 0.2) is 0 Å². The van der Waals surface area contributed by atoms with Crippen LogP contribution in [0.4, 0.5) is 0 Å². The third-order valence-electron chi connectivity index (χ3n) is 4.39. The van der Waals surface area contributed by atoms with Crippen LogP contribution in [0.25, 0.3) is 28.2 Å². The van der Waals surface area contributed by atoms with Crippen molar-refractivity contribution >= 4 is 34.6 Å². The lowest BCUT2D eigenvalue weighted by Gasteiger charge is -2.09. The Kier molecular flexibility index (Phi) is 5.48. The van der Waals surface area contributed by atoms with Crippen LogP contribution in [0.15, 0.2) is 46.9 Å². The Balaban J connectivity index is 2.29. The Morgan fingerprint density at radius 2 is 2.00 bits per heavy atom. The summed E-state index contributed by atoms with van der Waals surface area (Å²) in [7, 11) is 1.36. The third kappa shape index (κ3) is 3.27. The van der Waals surface area contributed by atoms with Gasteiger partial charge in [-0.05, 0) is 31.1 Å². The Morgan fingerprint density at radius 1 is 1.19 bits per heavy atom. The molecule has 0 aliphatic rings. The molecular weight excluding hydrogens is 348 g/mol. The van der Waals surface area contributed by atoms with Gasteiger partial charge >= 0.3 is 5.97 Å². The maximum atomic E-state index is 12.2. The van der Waals surface area contributed by atoms with Gasteiger partial charge in [0.1, 0.15) is 11.3 Å². The van der Waals surface area contributed by atoms with E-state index in [2.05, 4.69) is 26.0 Å². The van der Waals surface area contributed by atoms with Gasteiger partial charge in [-0.15, -0.1) is 0 Å². The fourth-order valence-corrected chi connectivity index (χ4v) is 3.33. The van der Waals surface area contributed by atoms with Crippen molar-refractivity contribution in [2.45, 2.75) is 26.7 Å². The van der Waals surface area contributed by atoms with E-state index in [9.17, 15) is 4.79 Å². The summed E-state index contributed by atoms with van der Waals surface area (Å²) in [5, 5.41) is 1.55. The summed E-state index contributed by atoms with van der Waals surface area (Å²) in [6.07, 6.45) is 5.91. The van der Waals surface area contributed by atoms with Gasteiger partial charge < -0.3 is 9.15 Å². The molecule has 0 aliphatic heterocycles. The van der Waals surface area contributed by atoms with Crippen LogP contribution in [0, 0.1) is 0 Å². The average Bonchev–Trinajstić information content (AvgIpc) is 3.03. The molecule has 0 saturated carbocycles. The first-order chi connectivity index (χ1) is 12.6. The highest BCUT2D eigenvalue weighted by atomic mass is 35.5. The molecule has 3 nitrogen and oxygen atoms in total. The molecule has 1 heterocycles. The zero-order chi connectivity index (χ0) is 18.7. The van der Waals surface area contributed by atoms with Crippen LogP contribution < -0.4 is 0 Å². The summed E-state index contributed by atoms with van der Waals surface area (Å²) < 4.78 is 11.1. The minimum Gasteiger partial charge on any atom is -0.465 e. The molecule has 0 fully saturated rings. The van der Waals surface area contributed by atoms with Crippen molar-refractivity contribution in [3.63, 3.8) is 0 Å². The SMILES string of the molecule is CC/C=C\c1oc2c(-c3ccc(Cl)cc3C(=O)OC)cccc2c1CC. The van der Waals surface area contributed by atoms with Gasteiger partial charge in [0.2, 0.25) is 0 Å². The Bertz CT molecular complexity index is 982. The molecule has 1 aromatic heterocycles. The number of methoxy groups -OCH3 is 1. The first-order valence-corrected chi connectivity index (χ1v) is 9.07. The van der Waals surface area contributed by atoms with Crippen LogP contribution in [-0.2, 0) is 11.2 Å². The molecule has 3 aromatic rings. The molecule has 0 spiro atoms. The molecule has 0 unspecified atom stereocenters. The molecule has 0 amide bonds. The van der Waals surface area contributed by atoms with E-state index >= 15 is 0 Å². The lowest BCUT2D eigenvalue weighted by Crippen LogP contribution is -2.03. The van der Waals surface area contributed by atoms with Crippen molar-refractivity contribution < 1.29 is 13.9 Å². The molecular formula is C22H21ClO3. The lowest BCUT2D eigenvalue weighted by molar-refractivity contribution is 0.0601. The zero-order valence-electron chi connectivity index (χ0n) is 15.1. The van der Waals surface area contributed by atoms with Crippen molar-refractivity contribution in [1.82, 2.24) is 0 Å². The number of rotatable bonds is 5. The minimum atomic E-state index is -0.423. The number of ether oxygens (including phenoxy) is 1. The molecule has 4 heteroatoms. The minimum absolute atomic E-state index is 0.423. The van der Waals surface area contributed by atoms with Gasteiger partial charge in [-0.25, -0.2) is 4.79 Å². The predicted octanol–water partition coefficient (Wildman–Crippen LogP) is 6.53. The van der Waals surface area contributed by atoms with E-state index in [-0.39, 0.29) is 0 Å². The largest absolute Gasteiger partial charge is 0.465 e. The number of hydrogen-bond acceptors (Lipinski definition) is 3.